The lowest BCUT2D eigenvalue weighted by Gasteiger charge is -2.17. The van der Waals surface area contributed by atoms with Crippen LogP contribution in [0.25, 0.3) is 0 Å². The molecule has 2 N–H and O–H groups in total. The zero-order valence-corrected chi connectivity index (χ0v) is 16.8. The summed E-state index contributed by atoms with van der Waals surface area (Å²) in [5.41, 5.74) is 4.17. The van der Waals surface area contributed by atoms with E-state index in [2.05, 4.69) is 35.3 Å². The maximum atomic E-state index is 12.3. The molecule has 0 unspecified atom stereocenters. The van der Waals surface area contributed by atoms with Crippen LogP contribution < -0.4 is 10.6 Å². The summed E-state index contributed by atoms with van der Waals surface area (Å²) in [6, 6.07) is 10.8. The summed E-state index contributed by atoms with van der Waals surface area (Å²) in [7, 11) is 1.30. The van der Waals surface area contributed by atoms with E-state index in [9.17, 15) is 9.59 Å². The average molecular weight is 389 g/mol. The number of anilines is 2. The Morgan fingerprint density at radius 1 is 1.19 bits per heavy atom. The second-order valence-electron chi connectivity index (χ2n) is 6.60. The SMILES string of the molecule is COC(=O)c1ccc(Cl)c(NC(=O)CCNc2c(C)cccc2C(C)C)c1. The Kier molecular flexibility index (Phi) is 7.25. The number of halogens is 1. The van der Waals surface area contributed by atoms with Crippen LogP contribution in [-0.4, -0.2) is 25.5 Å². The number of ether oxygens (including phenoxy) is 1. The molecule has 6 heteroatoms. The van der Waals surface area contributed by atoms with Crippen molar-refractivity contribution in [3.63, 3.8) is 0 Å². The van der Waals surface area contributed by atoms with Crippen molar-refractivity contribution in [2.45, 2.75) is 33.1 Å². The number of nitrogens with one attached hydrogen (secondary N) is 2. The zero-order chi connectivity index (χ0) is 20.0. The molecule has 0 fully saturated rings. The number of benzene rings is 2. The number of hydrogen-bond acceptors (Lipinski definition) is 4. The number of hydrogen-bond donors (Lipinski definition) is 2. The fourth-order valence-electron chi connectivity index (χ4n) is 2.79. The predicted octanol–water partition coefficient (Wildman–Crippen LogP) is 5.00. The molecule has 0 spiro atoms. The summed E-state index contributed by atoms with van der Waals surface area (Å²) < 4.78 is 4.69. The molecule has 5 nitrogen and oxygen atoms in total. The first kappa shape index (κ1) is 20.8. The molecule has 144 valence electrons. The lowest BCUT2D eigenvalue weighted by molar-refractivity contribution is -0.115. The first-order chi connectivity index (χ1) is 12.8. The topological polar surface area (TPSA) is 67.4 Å². The Labute approximate surface area is 165 Å². The van der Waals surface area contributed by atoms with Crippen molar-refractivity contribution < 1.29 is 14.3 Å². The molecule has 2 aromatic carbocycles. The third-order valence-corrected chi connectivity index (χ3v) is 4.57. The predicted molar refractivity (Wildman–Crippen MR) is 110 cm³/mol. The number of para-hydroxylation sites is 1. The molecule has 0 aromatic heterocycles. The molecular weight excluding hydrogens is 364 g/mol. The summed E-state index contributed by atoms with van der Waals surface area (Å²) in [4.78, 5) is 23.9. The molecular formula is C21H25ClN2O3. The van der Waals surface area contributed by atoms with Crippen LogP contribution in [0.4, 0.5) is 11.4 Å². The number of amides is 1. The highest BCUT2D eigenvalue weighted by Gasteiger charge is 2.12. The minimum absolute atomic E-state index is 0.189. The van der Waals surface area contributed by atoms with Crippen LogP contribution in [0.5, 0.6) is 0 Å². The summed E-state index contributed by atoms with van der Waals surface area (Å²) in [5, 5.41) is 6.48. The maximum Gasteiger partial charge on any atom is 0.337 e. The monoisotopic (exact) mass is 388 g/mol. The molecule has 0 saturated carbocycles. The quantitative estimate of drug-likeness (QED) is 0.655. The van der Waals surface area contributed by atoms with Crippen molar-refractivity contribution in [2.75, 3.05) is 24.3 Å². The molecule has 0 aliphatic heterocycles. The van der Waals surface area contributed by atoms with Gasteiger partial charge in [0.05, 0.1) is 23.4 Å². The number of carbonyl (C=O) groups is 2. The zero-order valence-electron chi connectivity index (χ0n) is 16.1. The fourth-order valence-corrected chi connectivity index (χ4v) is 2.96. The van der Waals surface area contributed by atoms with Gasteiger partial charge in [-0.3, -0.25) is 4.79 Å². The minimum atomic E-state index is -0.482. The largest absolute Gasteiger partial charge is 0.465 e. The van der Waals surface area contributed by atoms with Crippen LogP contribution in [0.1, 0.15) is 47.7 Å². The Morgan fingerprint density at radius 3 is 2.59 bits per heavy atom. The third kappa shape index (κ3) is 5.47. The van der Waals surface area contributed by atoms with Gasteiger partial charge in [0.15, 0.2) is 0 Å². The van der Waals surface area contributed by atoms with Crippen molar-refractivity contribution in [3.05, 3.63) is 58.1 Å². The highest BCUT2D eigenvalue weighted by molar-refractivity contribution is 6.33. The van der Waals surface area contributed by atoms with Crippen LogP contribution in [0.3, 0.4) is 0 Å². The first-order valence-electron chi connectivity index (χ1n) is 8.84. The normalized spacial score (nSPS) is 10.6. The highest BCUT2D eigenvalue weighted by Crippen LogP contribution is 2.27. The maximum absolute atomic E-state index is 12.3. The second-order valence-corrected chi connectivity index (χ2v) is 7.01. The Balaban J connectivity index is 1.99. The van der Waals surface area contributed by atoms with Crippen molar-refractivity contribution in [1.82, 2.24) is 0 Å². The van der Waals surface area contributed by atoms with Crippen molar-refractivity contribution in [2.24, 2.45) is 0 Å². The van der Waals surface area contributed by atoms with Gasteiger partial charge in [-0.05, 0) is 42.2 Å². The van der Waals surface area contributed by atoms with E-state index in [1.54, 1.807) is 12.1 Å². The lowest BCUT2D eigenvalue weighted by Crippen LogP contribution is -2.17. The summed E-state index contributed by atoms with van der Waals surface area (Å²) in [6.07, 6.45) is 0.269. The third-order valence-electron chi connectivity index (χ3n) is 4.24. The average Bonchev–Trinajstić information content (AvgIpc) is 2.63. The molecule has 2 rings (SSSR count). The van der Waals surface area contributed by atoms with Crippen molar-refractivity contribution in [3.8, 4) is 0 Å². The van der Waals surface area contributed by atoms with E-state index in [0.29, 0.717) is 28.7 Å². The van der Waals surface area contributed by atoms with E-state index < -0.39 is 5.97 Å². The van der Waals surface area contributed by atoms with Gasteiger partial charge < -0.3 is 15.4 Å². The molecule has 27 heavy (non-hydrogen) atoms. The van der Waals surface area contributed by atoms with Gasteiger partial charge in [-0.1, -0.05) is 43.6 Å². The summed E-state index contributed by atoms with van der Waals surface area (Å²) in [5.74, 6) is -0.281. The van der Waals surface area contributed by atoms with E-state index in [0.717, 1.165) is 11.3 Å². The highest BCUT2D eigenvalue weighted by atomic mass is 35.5. The molecule has 0 saturated heterocycles. The van der Waals surface area contributed by atoms with Crippen LogP contribution >= 0.6 is 11.6 Å². The van der Waals surface area contributed by atoms with Crippen LogP contribution in [0, 0.1) is 6.92 Å². The second kappa shape index (κ2) is 9.42. The Hall–Kier alpha value is -2.53. The van der Waals surface area contributed by atoms with E-state index in [1.165, 1.54) is 18.7 Å². The van der Waals surface area contributed by atoms with Gasteiger partial charge in [-0.15, -0.1) is 0 Å². The lowest BCUT2D eigenvalue weighted by atomic mass is 9.98. The number of carbonyl (C=O) groups excluding carboxylic acids is 2. The van der Waals surface area contributed by atoms with Gasteiger partial charge in [0.2, 0.25) is 5.91 Å². The summed E-state index contributed by atoms with van der Waals surface area (Å²) >= 11 is 6.11. The molecule has 0 bridgehead atoms. The van der Waals surface area contributed by atoms with Gasteiger partial charge in [-0.25, -0.2) is 4.79 Å². The van der Waals surface area contributed by atoms with Gasteiger partial charge in [0, 0.05) is 18.7 Å². The number of aryl methyl sites for hydroxylation is 1. The number of methoxy groups -OCH3 is 1. The Morgan fingerprint density at radius 2 is 1.93 bits per heavy atom. The van der Waals surface area contributed by atoms with Gasteiger partial charge in [0.25, 0.3) is 0 Å². The van der Waals surface area contributed by atoms with E-state index in [4.69, 9.17) is 11.6 Å². The first-order valence-corrected chi connectivity index (χ1v) is 9.22. The standard InChI is InChI=1S/C21H25ClN2O3/c1-13(2)16-7-5-6-14(3)20(16)23-11-10-19(25)24-18-12-15(21(26)27-4)8-9-17(18)22/h5-9,12-13,23H,10-11H2,1-4H3,(H,24,25). The van der Waals surface area contributed by atoms with Crippen LogP contribution in [-0.2, 0) is 9.53 Å². The molecule has 0 aliphatic rings. The van der Waals surface area contributed by atoms with Crippen molar-refractivity contribution >= 4 is 34.9 Å². The molecule has 1 amide bonds. The van der Waals surface area contributed by atoms with Gasteiger partial charge in [-0.2, -0.15) is 0 Å². The molecule has 2 aromatic rings. The smallest absolute Gasteiger partial charge is 0.337 e. The molecule has 0 atom stereocenters. The van der Waals surface area contributed by atoms with E-state index >= 15 is 0 Å². The van der Waals surface area contributed by atoms with Crippen LogP contribution in [0.2, 0.25) is 5.02 Å². The molecule has 0 aliphatic carbocycles. The van der Waals surface area contributed by atoms with Gasteiger partial charge in [0.1, 0.15) is 0 Å². The molecule has 0 heterocycles. The number of esters is 1. The minimum Gasteiger partial charge on any atom is -0.465 e. The molecule has 0 radical (unpaired) electrons. The van der Waals surface area contributed by atoms with E-state index in [1.807, 2.05) is 19.1 Å². The van der Waals surface area contributed by atoms with Gasteiger partial charge >= 0.3 is 5.97 Å². The van der Waals surface area contributed by atoms with Crippen molar-refractivity contribution in [1.29, 1.82) is 0 Å². The number of rotatable bonds is 7. The summed E-state index contributed by atoms with van der Waals surface area (Å²) in [6.45, 7) is 6.82. The fraction of sp³-hybridized carbons (Fsp3) is 0.333. The van der Waals surface area contributed by atoms with E-state index in [-0.39, 0.29) is 12.3 Å². The Bertz CT molecular complexity index is 834. The van der Waals surface area contributed by atoms with Crippen LogP contribution in [0.15, 0.2) is 36.4 Å².